The molecular formula is C12H14FN3O3. The molecule has 6 nitrogen and oxygen atoms in total. The number of rotatable bonds is 3. The minimum absolute atomic E-state index is 0.223. The highest BCUT2D eigenvalue weighted by Crippen LogP contribution is 2.21. The number of amides is 1. The molecule has 1 fully saturated rings. The van der Waals surface area contributed by atoms with Crippen LogP contribution in [-0.2, 0) is 4.79 Å². The summed E-state index contributed by atoms with van der Waals surface area (Å²) in [6.07, 6.45) is 2.75. The summed E-state index contributed by atoms with van der Waals surface area (Å²) in [5.41, 5.74) is -0.380. The van der Waals surface area contributed by atoms with E-state index in [0.717, 1.165) is 37.9 Å². The number of carbonyl (C=O) groups is 1. The molecule has 1 aromatic carbocycles. The van der Waals surface area contributed by atoms with Gasteiger partial charge >= 0.3 is 5.69 Å². The molecule has 7 heteroatoms. The lowest BCUT2D eigenvalue weighted by Crippen LogP contribution is -2.43. The van der Waals surface area contributed by atoms with Crippen molar-refractivity contribution in [2.24, 2.45) is 0 Å². The average Bonchev–Trinajstić information content (AvgIpc) is 2.39. The van der Waals surface area contributed by atoms with Gasteiger partial charge in [-0.15, -0.1) is 0 Å². The molecular weight excluding hydrogens is 253 g/mol. The van der Waals surface area contributed by atoms with Gasteiger partial charge in [-0.05, 0) is 25.5 Å². The van der Waals surface area contributed by atoms with E-state index in [9.17, 15) is 19.3 Å². The third-order valence-corrected chi connectivity index (χ3v) is 3.04. The van der Waals surface area contributed by atoms with Crippen LogP contribution in [0.3, 0.4) is 0 Å². The van der Waals surface area contributed by atoms with E-state index in [1.165, 1.54) is 6.07 Å². The molecule has 1 amide bonds. The average molecular weight is 267 g/mol. The normalized spacial score (nSPS) is 18.9. The molecule has 1 aromatic rings. The first-order valence-corrected chi connectivity index (χ1v) is 6.06. The van der Waals surface area contributed by atoms with Crippen LogP contribution in [0, 0.1) is 15.9 Å². The van der Waals surface area contributed by atoms with Crippen molar-refractivity contribution in [3.63, 3.8) is 0 Å². The Morgan fingerprint density at radius 3 is 2.84 bits per heavy atom. The number of benzene rings is 1. The molecule has 0 aliphatic carbocycles. The van der Waals surface area contributed by atoms with E-state index in [4.69, 9.17) is 0 Å². The van der Waals surface area contributed by atoms with E-state index < -0.39 is 16.4 Å². The molecule has 0 unspecified atom stereocenters. The first-order valence-electron chi connectivity index (χ1n) is 6.06. The van der Waals surface area contributed by atoms with Gasteiger partial charge in [0, 0.05) is 17.8 Å². The molecule has 1 heterocycles. The molecule has 0 spiro atoms. The number of hydrogen-bond acceptors (Lipinski definition) is 4. The van der Waals surface area contributed by atoms with E-state index in [-0.39, 0.29) is 17.6 Å². The van der Waals surface area contributed by atoms with E-state index in [0.29, 0.717) is 0 Å². The SMILES string of the molecule is O=C(Nc1ccc([N+](=O)[O-])c(F)c1)[C@H]1CCCCN1. The lowest BCUT2D eigenvalue weighted by Gasteiger charge is -2.22. The smallest absolute Gasteiger partial charge is 0.304 e. The molecule has 2 N–H and O–H groups in total. The second-order valence-electron chi connectivity index (χ2n) is 4.42. The molecule has 19 heavy (non-hydrogen) atoms. The summed E-state index contributed by atoms with van der Waals surface area (Å²) >= 11 is 0. The topological polar surface area (TPSA) is 84.3 Å². The Hall–Kier alpha value is -2.02. The summed E-state index contributed by atoms with van der Waals surface area (Å²) in [6, 6.07) is 3.03. The lowest BCUT2D eigenvalue weighted by molar-refractivity contribution is -0.387. The number of halogens is 1. The highest BCUT2D eigenvalue weighted by Gasteiger charge is 2.21. The predicted octanol–water partition coefficient (Wildman–Crippen LogP) is 1.81. The van der Waals surface area contributed by atoms with Gasteiger partial charge in [0.2, 0.25) is 11.7 Å². The molecule has 0 aromatic heterocycles. The Morgan fingerprint density at radius 2 is 2.26 bits per heavy atom. The van der Waals surface area contributed by atoms with Crippen LogP contribution in [0.15, 0.2) is 18.2 Å². The van der Waals surface area contributed by atoms with Gasteiger partial charge in [0.15, 0.2) is 0 Å². The largest absolute Gasteiger partial charge is 0.325 e. The third-order valence-electron chi connectivity index (χ3n) is 3.04. The fourth-order valence-electron chi connectivity index (χ4n) is 2.04. The molecule has 0 saturated carbocycles. The molecule has 102 valence electrons. The van der Waals surface area contributed by atoms with Crippen LogP contribution in [-0.4, -0.2) is 23.4 Å². The Morgan fingerprint density at radius 1 is 1.47 bits per heavy atom. The first-order chi connectivity index (χ1) is 9.08. The van der Waals surface area contributed by atoms with Gasteiger partial charge in [-0.25, -0.2) is 0 Å². The molecule has 1 saturated heterocycles. The molecule has 2 rings (SSSR count). The molecule has 0 radical (unpaired) electrons. The Balaban J connectivity index is 2.04. The summed E-state index contributed by atoms with van der Waals surface area (Å²) in [5, 5.41) is 16.1. The number of nitro benzene ring substituents is 1. The minimum Gasteiger partial charge on any atom is -0.325 e. The van der Waals surface area contributed by atoms with Gasteiger partial charge in [-0.3, -0.25) is 14.9 Å². The number of carbonyl (C=O) groups excluding carboxylic acids is 1. The summed E-state index contributed by atoms with van der Waals surface area (Å²) in [7, 11) is 0. The standard InChI is InChI=1S/C12H14FN3O3/c13-9-7-8(4-5-11(9)16(18)19)15-12(17)10-3-1-2-6-14-10/h4-5,7,10,14H,1-3,6H2,(H,15,17)/t10-/m1/s1. The third kappa shape index (κ3) is 3.25. The van der Waals surface area contributed by atoms with Crippen molar-refractivity contribution < 1.29 is 14.1 Å². The Kier molecular flexibility index (Phi) is 4.06. The van der Waals surface area contributed by atoms with Crippen LogP contribution in [0.5, 0.6) is 0 Å². The number of anilines is 1. The summed E-state index contributed by atoms with van der Waals surface area (Å²) in [5.74, 6) is -1.20. The molecule has 1 aliphatic heterocycles. The van der Waals surface area contributed by atoms with Crippen LogP contribution >= 0.6 is 0 Å². The van der Waals surface area contributed by atoms with Crippen LogP contribution in [0.2, 0.25) is 0 Å². The Bertz CT molecular complexity index is 501. The van der Waals surface area contributed by atoms with Crippen molar-refractivity contribution in [3.8, 4) is 0 Å². The molecule has 1 atom stereocenters. The van der Waals surface area contributed by atoms with Crippen molar-refractivity contribution in [2.75, 3.05) is 11.9 Å². The fraction of sp³-hybridized carbons (Fsp3) is 0.417. The van der Waals surface area contributed by atoms with Crippen molar-refractivity contribution in [1.82, 2.24) is 5.32 Å². The van der Waals surface area contributed by atoms with Gasteiger partial charge in [0.25, 0.3) is 0 Å². The number of nitrogens with one attached hydrogen (secondary N) is 2. The van der Waals surface area contributed by atoms with Gasteiger partial charge in [-0.2, -0.15) is 4.39 Å². The predicted molar refractivity (Wildman–Crippen MR) is 67.3 cm³/mol. The monoisotopic (exact) mass is 267 g/mol. The van der Waals surface area contributed by atoms with Crippen molar-refractivity contribution >= 4 is 17.3 Å². The van der Waals surface area contributed by atoms with Crippen molar-refractivity contribution in [1.29, 1.82) is 0 Å². The number of hydrogen-bond donors (Lipinski definition) is 2. The number of piperidine rings is 1. The number of nitrogens with zero attached hydrogens (tertiary/aromatic N) is 1. The first kappa shape index (κ1) is 13.4. The maximum atomic E-state index is 13.4. The fourth-order valence-corrected chi connectivity index (χ4v) is 2.04. The van der Waals surface area contributed by atoms with Gasteiger partial charge < -0.3 is 10.6 Å². The van der Waals surface area contributed by atoms with Crippen LogP contribution in [0.4, 0.5) is 15.8 Å². The maximum absolute atomic E-state index is 13.4. The summed E-state index contributed by atoms with van der Waals surface area (Å²) in [6.45, 7) is 0.784. The van der Waals surface area contributed by atoms with Crippen molar-refractivity contribution in [3.05, 3.63) is 34.1 Å². The Labute approximate surface area is 109 Å². The van der Waals surface area contributed by atoms with Crippen LogP contribution in [0.25, 0.3) is 0 Å². The second-order valence-corrected chi connectivity index (χ2v) is 4.42. The summed E-state index contributed by atoms with van der Waals surface area (Å²) in [4.78, 5) is 21.5. The lowest BCUT2D eigenvalue weighted by atomic mass is 10.0. The van der Waals surface area contributed by atoms with Crippen molar-refractivity contribution in [2.45, 2.75) is 25.3 Å². The van der Waals surface area contributed by atoms with Crippen LogP contribution in [0.1, 0.15) is 19.3 Å². The summed E-state index contributed by atoms with van der Waals surface area (Å²) < 4.78 is 13.4. The van der Waals surface area contributed by atoms with E-state index in [1.54, 1.807) is 0 Å². The van der Waals surface area contributed by atoms with E-state index in [1.807, 2.05) is 0 Å². The highest BCUT2D eigenvalue weighted by molar-refractivity contribution is 5.95. The minimum atomic E-state index is -0.959. The van der Waals surface area contributed by atoms with E-state index in [2.05, 4.69) is 10.6 Å². The maximum Gasteiger partial charge on any atom is 0.304 e. The van der Waals surface area contributed by atoms with Gasteiger partial charge in [0.1, 0.15) is 0 Å². The van der Waals surface area contributed by atoms with Gasteiger partial charge in [0.05, 0.1) is 11.0 Å². The molecule has 0 bridgehead atoms. The highest BCUT2D eigenvalue weighted by atomic mass is 19.1. The zero-order valence-electron chi connectivity index (χ0n) is 10.2. The zero-order valence-corrected chi connectivity index (χ0v) is 10.2. The molecule has 1 aliphatic rings. The van der Waals surface area contributed by atoms with Crippen LogP contribution < -0.4 is 10.6 Å². The quantitative estimate of drug-likeness (QED) is 0.646. The zero-order chi connectivity index (χ0) is 13.8. The van der Waals surface area contributed by atoms with E-state index >= 15 is 0 Å². The van der Waals surface area contributed by atoms with Gasteiger partial charge in [-0.1, -0.05) is 6.42 Å². The number of nitro groups is 1. The second kappa shape index (κ2) is 5.75.